The number of fused-ring (bicyclic) bond motifs is 1. The smallest absolute Gasteiger partial charge is 0.325 e. The van der Waals surface area contributed by atoms with Crippen molar-refractivity contribution in [2.75, 3.05) is 18.6 Å². The molecule has 316 valence electrons. The molecule has 13 N–H and O–H groups in total. The first-order chi connectivity index (χ1) is 27.6. The molecule has 17 nitrogen and oxygen atoms in total. The number of aliphatic carboxylic acids is 1. The van der Waals surface area contributed by atoms with Crippen LogP contribution >= 0.6 is 11.8 Å². The summed E-state index contributed by atoms with van der Waals surface area (Å²) in [5.41, 5.74) is 19.5. The first-order valence-electron chi connectivity index (χ1n) is 19.2. The van der Waals surface area contributed by atoms with E-state index in [0.717, 1.165) is 16.5 Å². The lowest BCUT2D eigenvalue weighted by atomic mass is 10.0. The fraction of sp³-hybridized carbons (Fsp3) is 0.475. The number of hydrogen-bond acceptors (Lipinski definition) is 9. The van der Waals surface area contributed by atoms with Crippen LogP contribution in [0.15, 0.2) is 65.8 Å². The Morgan fingerprint density at radius 1 is 0.741 bits per heavy atom. The number of amides is 5. The number of para-hydroxylation sites is 1. The highest BCUT2D eigenvalue weighted by molar-refractivity contribution is 7.98. The number of aromatic nitrogens is 1. The molecule has 5 amide bonds. The topological polar surface area (TPSA) is 289 Å². The largest absolute Gasteiger partial charge is 0.480 e. The van der Waals surface area contributed by atoms with Gasteiger partial charge >= 0.3 is 5.97 Å². The summed E-state index contributed by atoms with van der Waals surface area (Å²) >= 11 is 1.45. The van der Waals surface area contributed by atoms with E-state index in [9.17, 15) is 33.9 Å². The SMILES string of the molecule is CSCCC(NC(=O)C(Cc1c[nH]c2ccccc12)NC(=O)C(N)CC(C)C)C(=O)NC(CCCN=C(N)N)C(=O)NC(Cc1ccccc1)C(=O)NC(C)C(=O)O. The van der Waals surface area contributed by atoms with Crippen LogP contribution in [0.2, 0.25) is 0 Å². The molecule has 6 unspecified atom stereocenters. The van der Waals surface area contributed by atoms with Crippen molar-refractivity contribution in [2.24, 2.45) is 28.1 Å². The summed E-state index contributed by atoms with van der Waals surface area (Å²) in [5.74, 6) is -4.11. The van der Waals surface area contributed by atoms with Crippen LogP contribution in [0.3, 0.4) is 0 Å². The molecular weight excluding hydrogens is 765 g/mol. The molecule has 2 aromatic carbocycles. The van der Waals surface area contributed by atoms with Gasteiger partial charge in [-0.3, -0.25) is 33.8 Å². The van der Waals surface area contributed by atoms with E-state index in [1.54, 1.807) is 36.5 Å². The summed E-state index contributed by atoms with van der Waals surface area (Å²) in [6, 6.07) is 9.56. The Labute approximate surface area is 342 Å². The third kappa shape index (κ3) is 15.4. The number of aliphatic imine (C=N–C) groups is 1. The standard InChI is InChI=1S/C40H58N10O7S/c1-23(2)19-28(41)34(51)49-33(21-26-22-45-29-14-9-8-13-27(26)29)38(55)48-31(16-18-58-4)36(53)47-30(15-10-17-44-40(42)43)35(52)50-32(20-25-11-6-5-7-12-25)37(54)46-24(3)39(56)57/h5-9,11-14,22-24,28,30-33,45H,10,15-21,41H2,1-4H3,(H,46,54)(H,47,53)(H,48,55)(H,49,51)(H,50,52)(H,56,57)(H4,42,43,44). The van der Waals surface area contributed by atoms with Gasteiger partial charge in [-0.05, 0) is 67.7 Å². The minimum Gasteiger partial charge on any atom is -0.480 e. The number of carbonyl (C=O) groups is 6. The molecule has 3 aromatic rings. The van der Waals surface area contributed by atoms with Crippen molar-refractivity contribution in [3.63, 3.8) is 0 Å². The number of rotatable bonds is 24. The minimum absolute atomic E-state index is 0.0240. The zero-order valence-electron chi connectivity index (χ0n) is 33.5. The molecular formula is C40H58N10O7S. The molecule has 0 saturated heterocycles. The van der Waals surface area contributed by atoms with Crippen LogP contribution in [-0.2, 0) is 41.6 Å². The van der Waals surface area contributed by atoms with Crippen molar-refractivity contribution in [3.05, 3.63) is 71.9 Å². The summed E-state index contributed by atoms with van der Waals surface area (Å²) < 4.78 is 0. The number of benzene rings is 2. The van der Waals surface area contributed by atoms with Gasteiger partial charge in [0, 0.05) is 36.5 Å². The van der Waals surface area contributed by atoms with E-state index in [-0.39, 0.29) is 50.5 Å². The van der Waals surface area contributed by atoms with Gasteiger partial charge in [-0.1, -0.05) is 62.4 Å². The number of nitrogens with zero attached hydrogens (tertiary/aromatic N) is 1. The highest BCUT2D eigenvalue weighted by Crippen LogP contribution is 2.20. The highest BCUT2D eigenvalue weighted by Gasteiger charge is 2.33. The zero-order chi connectivity index (χ0) is 42.8. The van der Waals surface area contributed by atoms with Crippen molar-refractivity contribution in [2.45, 2.75) is 95.5 Å². The second-order valence-corrected chi connectivity index (χ2v) is 15.5. The van der Waals surface area contributed by atoms with Crippen LogP contribution in [0.1, 0.15) is 57.6 Å². The van der Waals surface area contributed by atoms with Crippen molar-refractivity contribution in [3.8, 4) is 0 Å². The molecule has 0 saturated carbocycles. The molecule has 0 radical (unpaired) electrons. The van der Waals surface area contributed by atoms with E-state index in [1.807, 2.05) is 44.4 Å². The Morgan fingerprint density at radius 2 is 1.29 bits per heavy atom. The Kier molecular flexibility index (Phi) is 19.0. The molecule has 0 aliphatic rings. The maximum absolute atomic E-state index is 14.1. The fourth-order valence-corrected chi connectivity index (χ4v) is 6.62. The van der Waals surface area contributed by atoms with Gasteiger partial charge in [-0.15, -0.1) is 0 Å². The summed E-state index contributed by atoms with van der Waals surface area (Å²) in [6.07, 6.45) is 4.58. The first kappa shape index (κ1) is 46.8. The number of nitrogens with one attached hydrogen (secondary N) is 6. The number of guanidine groups is 1. The van der Waals surface area contributed by atoms with Gasteiger partial charge in [0.05, 0.1) is 6.04 Å². The summed E-state index contributed by atoms with van der Waals surface area (Å²) in [6.45, 7) is 5.30. The molecule has 0 aliphatic carbocycles. The Morgan fingerprint density at radius 3 is 1.91 bits per heavy atom. The molecule has 58 heavy (non-hydrogen) atoms. The van der Waals surface area contributed by atoms with E-state index in [1.165, 1.54) is 18.7 Å². The van der Waals surface area contributed by atoms with Crippen molar-refractivity contribution in [1.82, 2.24) is 31.6 Å². The Bertz CT molecular complexity index is 1870. The predicted molar refractivity (Wildman–Crippen MR) is 225 cm³/mol. The number of carbonyl (C=O) groups excluding carboxylic acids is 5. The van der Waals surface area contributed by atoms with Crippen molar-refractivity contribution < 1.29 is 33.9 Å². The minimum atomic E-state index is -1.26. The van der Waals surface area contributed by atoms with Crippen LogP contribution in [0.4, 0.5) is 0 Å². The van der Waals surface area contributed by atoms with E-state index in [2.05, 4.69) is 36.6 Å². The average Bonchev–Trinajstić information content (AvgIpc) is 3.59. The second-order valence-electron chi connectivity index (χ2n) is 14.5. The number of carboxylic acid groups (broad SMARTS) is 1. The van der Waals surface area contributed by atoms with Crippen LogP contribution in [0.5, 0.6) is 0 Å². The lowest BCUT2D eigenvalue weighted by Crippen LogP contribution is -2.59. The average molecular weight is 823 g/mol. The lowest BCUT2D eigenvalue weighted by Gasteiger charge is -2.27. The van der Waals surface area contributed by atoms with Gasteiger partial charge in [0.15, 0.2) is 5.96 Å². The molecule has 6 atom stereocenters. The molecule has 0 aliphatic heterocycles. The maximum atomic E-state index is 14.1. The molecule has 3 rings (SSSR count). The molecule has 0 bridgehead atoms. The number of nitrogens with two attached hydrogens (primary N) is 3. The maximum Gasteiger partial charge on any atom is 0.325 e. The third-order valence-corrected chi connectivity index (χ3v) is 9.90. The number of thioether (sulfide) groups is 1. The molecule has 1 aromatic heterocycles. The zero-order valence-corrected chi connectivity index (χ0v) is 34.3. The van der Waals surface area contributed by atoms with Crippen molar-refractivity contribution in [1.29, 1.82) is 0 Å². The van der Waals surface area contributed by atoms with Crippen molar-refractivity contribution >= 4 is 64.1 Å². The Balaban J connectivity index is 1.90. The molecule has 0 fully saturated rings. The van der Waals surface area contributed by atoms with Crippen LogP contribution < -0.4 is 43.8 Å². The van der Waals surface area contributed by atoms with Gasteiger partial charge in [0.25, 0.3) is 0 Å². The summed E-state index contributed by atoms with van der Waals surface area (Å²) in [5, 5.41) is 23.7. The predicted octanol–water partition coefficient (Wildman–Crippen LogP) is 0.662. The van der Waals surface area contributed by atoms with Gasteiger partial charge in [-0.2, -0.15) is 11.8 Å². The van der Waals surface area contributed by atoms with E-state index in [0.29, 0.717) is 17.7 Å². The van der Waals surface area contributed by atoms with Gasteiger partial charge in [0.1, 0.15) is 30.2 Å². The number of H-pyrrole nitrogens is 1. The second kappa shape index (κ2) is 23.6. The van der Waals surface area contributed by atoms with E-state index in [4.69, 9.17) is 17.2 Å². The lowest BCUT2D eigenvalue weighted by molar-refractivity contribution is -0.141. The Hall–Kier alpha value is -5.62. The van der Waals surface area contributed by atoms with Crippen LogP contribution in [-0.4, -0.2) is 106 Å². The van der Waals surface area contributed by atoms with Gasteiger partial charge in [0.2, 0.25) is 29.5 Å². The van der Waals surface area contributed by atoms with Crippen LogP contribution in [0.25, 0.3) is 10.9 Å². The van der Waals surface area contributed by atoms with Gasteiger partial charge in [-0.25, -0.2) is 0 Å². The summed E-state index contributed by atoms with van der Waals surface area (Å²) in [4.78, 5) is 87.5. The number of carboxylic acids is 1. The fourth-order valence-electron chi connectivity index (χ4n) is 6.15. The van der Waals surface area contributed by atoms with Crippen LogP contribution in [0, 0.1) is 5.92 Å². The number of aromatic amines is 1. The molecule has 18 heteroatoms. The summed E-state index contributed by atoms with van der Waals surface area (Å²) in [7, 11) is 0. The molecule has 0 spiro atoms. The monoisotopic (exact) mass is 822 g/mol. The van der Waals surface area contributed by atoms with Gasteiger partial charge < -0.3 is 53.9 Å². The third-order valence-electron chi connectivity index (χ3n) is 9.26. The highest BCUT2D eigenvalue weighted by atomic mass is 32.2. The normalized spacial score (nSPS) is 14.2. The molecule has 1 heterocycles. The quantitative estimate of drug-likeness (QED) is 0.0340. The van der Waals surface area contributed by atoms with E-state index < -0.39 is 71.8 Å². The number of hydrogen-bond donors (Lipinski definition) is 10. The first-order valence-corrected chi connectivity index (χ1v) is 20.6. The van der Waals surface area contributed by atoms with E-state index >= 15 is 0 Å².